The summed E-state index contributed by atoms with van der Waals surface area (Å²) in [7, 11) is 0. The van der Waals surface area contributed by atoms with Crippen LogP contribution in [0.2, 0.25) is 0 Å². The summed E-state index contributed by atoms with van der Waals surface area (Å²) in [5.74, 6) is -2.95. The molecular weight excluding hydrogens is 536 g/mol. The van der Waals surface area contributed by atoms with E-state index in [1.165, 1.54) is 6.92 Å². The number of rotatable bonds is 5. The van der Waals surface area contributed by atoms with E-state index < -0.39 is 71.4 Å². The molecule has 0 bridgehead atoms. The van der Waals surface area contributed by atoms with Crippen LogP contribution in [0.25, 0.3) is 0 Å². The van der Waals surface area contributed by atoms with Crippen molar-refractivity contribution in [3.05, 3.63) is 64.2 Å². The molecule has 3 nitrogen and oxygen atoms in total. The predicted octanol–water partition coefficient (Wildman–Crippen LogP) is 8.73. The maximum Gasteiger partial charge on any atom is 0.416 e. The van der Waals surface area contributed by atoms with Crippen molar-refractivity contribution in [1.29, 1.82) is 0 Å². The van der Waals surface area contributed by atoms with E-state index in [-0.39, 0.29) is 36.8 Å². The summed E-state index contributed by atoms with van der Waals surface area (Å²) in [5, 5.41) is 0. The molecule has 210 valence electrons. The monoisotopic (exact) mass is 559 g/mol. The number of hydrogen-bond donors (Lipinski definition) is 0. The number of anilines is 1. The lowest BCUT2D eigenvalue weighted by Crippen LogP contribution is -2.46. The van der Waals surface area contributed by atoms with Crippen molar-refractivity contribution in [2.45, 2.75) is 63.1 Å². The Morgan fingerprint density at radius 3 is 1.89 bits per heavy atom. The molecule has 2 aromatic carbocycles. The van der Waals surface area contributed by atoms with Gasteiger partial charge in [-0.2, -0.15) is 39.5 Å². The zero-order chi connectivity index (χ0) is 28.6. The molecule has 1 aliphatic heterocycles. The molecule has 1 aliphatic rings. The molecule has 13 heteroatoms. The SMILES string of the molecule is CCOC(=O)N1c2ccc(C(F)(F)F)cc2[C@@H]([C@H](CF)c2cc(C(F)(F)F)cc(C(F)(F)F)c2)C[C@H]1CC. The summed E-state index contributed by atoms with van der Waals surface area (Å²) in [6.45, 7) is 1.60. The van der Waals surface area contributed by atoms with E-state index in [1.807, 2.05) is 0 Å². The van der Waals surface area contributed by atoms with Crippen LogP contribution in [0.3, 0.4) is 0 Å². The summed E-state index contributed by atoms with van der Waals surface area (Å²) in [5.41, 5.74) is -5.48. The average Bonchev–Trinajstić information content (AvgIpc) is 2.82. The second kappa shape index (κ2) is 10.6. The number of carbonyl (C=O) groups excluding carboxylic acids is 1. The van der Waals surface area contributed by atoms with Gasteiger partial charge in [0.25, 0.3) is 0 Å². The van der Waals surface area contributed by atoms with Crippen molar-refractivity contribution >= 4 is 11.8 Å². The largest absolute Gasteiger partial charge is 0.449 e. The molecule has 0 saturated heterocycles. The van der Waals surface area contributed by atoms with Crippen molar-refractivity contribution in [1.82, 2.24) is 0 Å². The summed E-state index contributed by atoms with van der Waals surface area (Å²) in [6.07, 6.45) is -16.2. The van der Waals surface area contributed by atoms with E-state index in [4.69, 9.17) is 4.74 Å². The molecule has 0 fully saturated rings. The van der Waals surface area contributed by atoms with Crippen LogP contribution in [-0.4, -0.2) is 25.4 Å². The molecule has 38 heavy (non-hydrogen) atoms. The lowest BCUT2D eigenvalue weighted by Gasteiger charge is -2.42. The zero-order valence-corrected chi connectivity index (χ0v) is 20.1. The third-order valence-corrected chi connectivity index (χ3v) is 6.53. The molecule has 2 aromatic rings. The highest BCUT2D eigenvalue weighted by atomic mass is 19.4. The second-order valence-corrected chi connectivity index (χ2v) is 8.84. The Labute approximate surface area is 211 Å². The first kappa shape index (κ1) is 29.6. The number of amides is 1. The number of benzene rings is 2. The second-order valence-electron chi connectivity index (χ2n) is 8.84. The van der Waals surface area contributed by atoms with Gasteiger partial charge in [0.1, 0.15) is 0 Å². The Kier molecular flexibility index (Phi) is 8.28. The van der Waals surface area contributed by atoms with Crippen LogP contribution in [0.4, 0.5) is 54.4 Å². The van der Waals surface area contributed by atoms with Gasteiger partial charge >= 0.3 is 24.6 Å². The highest BCUT2D eigenvalue weighted by Crippen LogP contribution is 2.49. The average molecular weight is 559 g/mol. The highest BCUT2D eigenvalue weighted by molar-refractivity contribution is 5.90. The number of hydrogen-bond acceptors (Lipinski definition) is 2. The Balaban J connectivity index is 2.27. The molecule has 1 amide bonds. The molecule has 0 radical (unpaired) electrons. The first-order valence-electron chi connectivity index (χ1n) is 11.5. The molecule has 0 saturated carbocycles. The fourth-order valence-electron chi connectivity index (χ4n) is 4.76. The van der Waals surface area contributed by atoms with Crippen LogP contribution >= 0.6 is 0 Å². The Morgan fingerprint density at radius 1 is 0.895 bits per heavy atom. The number of alkyl halides is 10. The first-order chi connectivity index (χ1) is 17.5. The topological polar surface area (TPSA) is 29.5 Å². The van der Waals surface area contributed by atoms with Crippen LogP contribution in [0, 0.1) is 0 Å². The molecular formula is C25H23F10NO2. The molecule has 3 atom stereocenters. The molecule has 0 spiro atoms. The molecule has 0 aromatic heterocycles. The fraction of sp³-hybridized carbons (Fsp3) is 0.480. The van der Waals surface area contributed by atoms with E-state index in [0.29, 0.717) is 24.3 Å². The fourth-order valence-corrected chi connectivity index (χ4v) is 4.76. The normalized spacial score (nSPS) is 19.2. The van der Waals surface area contributed by atoms with Crippen molar-refractivity contribution < 1.29 is 53.4 Å². The lowest BCUT2D eigenvalue weighted by molar-refractivity contribution is -0.143. The highest BCUT2D eigenvalue weighted by Gasteiger charge is 2.43. The minimum absolute atomic E-state index is 0.0667. The van der Waals surface area contributed by atoms with Crippen LogP contribution < -0.4 is 4.90 Å². The minimum Gasteiger partial charge on any atom is -0.449 e. The van der Waals surface area contributed by atoms with E-state index >= 15 is 0 Å². The number of ether oxygens (including phenoxy) is 1. The third-order valence-electron chi connectivity index (χ3n) is 6.53. The maximum absolute atomic E-state index is 14.5. The van der Waals surface area contributed by atoms with Crippen molar-refractivity contribution in [3.63, 3.8) is 0 Å². The van der Waals surface area contributed by atoms with Crippen molar-refractivity contribution in [3.8, 4) is 0 Å². The molecule has 1 heterocycles. The number of carbonyl (C=O) groups is 1. The van der Waals surface area contributed by atoms with Gasteiger partial charge in [0.05, 0.1) is 35.7 Å². The van der Waals surface area contributed by atoms with Gasteiger partial charge in [-0.25, -0.2) is 4.79 Å². The number of fused-ring (bicyclic) bond motifs is 1. The van der Waals surface area contributed by atoms with Crippen LogP contribution in [0.5, 0.6) is 0 Å². The smallest absolute Gasteiger partial charge is 0.416 e. The van der Waals surface area contributed by atoms with Gasteiger partial charge in [0, 0.05) is 12.0 Å². The van der Waals surface area contributed by atoms with Gasteiger partial charge in [0.2, 0.25) is 0 Å². The maximum atomic E-state index is 14.5. The number of halogens is 10. The first-order valence-corrected chi connectivity index (χ1v) is 11.5. The molecule has 0 N–H and O–H groups in total. The predicted molar refractivity (Wildman–Crippen MR) is 118 cm³/mol. The van der Waals surface area contributed by atoms with E-state index in [1.54, 1.807) is 6.92 Å². The van der Waals surface area contributed by atoms with Gasteiger partial charge in [-0.05, 0) is 73.2 Å². The quantitative estimate of drug-likeness (QED) is 0.343. The number of nitrogens with zero attached hydrogens (tertiary/aromatic N) is 1. The lowest BCUT2D eigenvalue weighted by atomic mass is 9.74. The molecule has 0 unspecified atom stereocenters. The van der Waals surface area contributed by atoms with Gasteiger partial charge in [-0.1, -0.05) is 6.92 Å². The molecule has 0 aliphatic carbocycles. The van der Waals surface area contributed by atoms with Crippen molar-refractivity contribution in [2.24, 2.45) is 0 Å². The molecule has 3 rings (SSSR count). The Bertz CT molecular complexity index is 1120. The van der Waals surface area contributed by atoms with Gasteiger partial charge in [-0.15, -0.1) is 0 Å². The van der Waals surface area contributed by atoms with E-state index in [0.717, 1.165) is 11.0 Å². The zero-order valence-electron chi connectivity index (χ0n) is 20.1. The van der Waals surface area contributed by atoms with Crippen LogP contribution in [0.15, 0.2) is 36.4 Å². The summed E-state index contributed by atoms with van der Waals surface area (Å²) in [6, 6.07) is 2.20. The van der Waals surface area contributed by atoms with Gasteiger partial charge in [-0.3, -0.25) is 9.29 Å². The third kappa shape index (κ3) is 6.01. The Hall–Kier alpha value is -2.99. The summed E-state index contributed by atoms with van der Waals surface area (Å²) < 4.78 is 141. The van der Waals surface area contributed by atoms with Crippen LogP contribution in [0.1, 0.15) is 66.3 Å². The Morgan fingerprint density at radius 2 is 1.45 bits per heavy atom. The summed E-state index contributed by atoms with van der Waals surface area (Å²) >= 11 is 0. The minimum atomic E-state index is -5.20. The summed E-state index contributed by atoms with van der Waals surface area (Å²) in [4.78, 5) is 13.8. The van der Waals surface area contributed by atoms with E-state index in [2.05, 4.69) is 0 Å². The van der Waals surface area contributed by atoms with Gasteiger partial charge in [0.15, 0.2) is 0 Å². The van der Waals surface area contributed by atoms with Gasteiger partial charge < -0.3 is 4.74 Å². The van der Waals surface area contributed by atoms with Crippen molar-refractivity contribution in [2.75, 3.05) is 18.2 Å². The van der Waals surface area contributed by atoms with Crippen LogP contribution in [-0.2, 0) is 23.3 Å². The standard InChI is InChI=1S/C25H23F10NO2/c1-3-17-11-18(19-10-14(23(27,28)29)5-6-21(19)36(17)22(37)38-4-2)20(12-26)13-7-15(24(30,31)32)9-16(8-13)25(33,34)35/h5-10,17-18,20H,3-4,11-12H2,1-2H3/t17-,18+,20-/m1/s1. The van der Waals surface area contributed by atoms with E-state index in [9.17, 15) is 48.7 Å².